The van der Waals surface area contributed by atoms with Crippen molar-refractivity contribution < 1.29 is 4.79 Å². The Morgan fingerprint density at radius 1 is 1.50 bits per heavy atom. The number of carbonyl (C=O) groups is 1. The Balaban J connectivity index is 2.39. The van der Waals surface area contributed by atoms with Gasteiger partial charge in [0.05, 0.1) is 0 Å². The fourth-order valence-corrected chi connectivity index (χ4v) is 1.48. The zero-order valence-corrected chi connectivity index (χ0v) is 8.04. The van der Waals surface area contributed by atoms with Crippen LogP contribution >= 0.6 is 15.9 Å². The number of pyridine rings is 1. The van der Waals surface area contributed by atoms with Gasteiger partial charge in [-0.25, -0.2) is 4.98 Å². The molecule has 0 atom stereocenters. The van der Waals surface area contributed by atoms with Crippen molar-refractivity contribution in [2.75, 3.05) is 0 Å². The van der Waals surface area contributed by atoms with E-state index in [4.69, 9.17) is 0 Å². The lowest BCUT2D eigenvalue weighted by molar-refractivity contribution is 0.111. The second-order valence-corrected chi connectivity index (χ2v) is 3.85. The lowest BCUT2D eigenvalue weighted by Crippen LogP contribution is -1.93. The second-order valence-electron chi connectivity index (χ2n) is 3.00. The lowest BCUT2D eigenvalue weighted by Gasteiger charge is -1.99. The van der Waals surface area contributed by atoms with Gasteiger partial charge in [0, 0.05) is 16.1 Å². The molecule has 0 amide bonds. The normalized spacial score (nSPS) is 16.1. The molecule has 1 heterocycles. The second kappa shape index (κ2) is 2.98. The first-order valence-corrected chi connectivity index (χ1v) is 4.72. The van der Waals surface area contributed by atoms with Crippen LogP contribution in [0.2, 0.25) is 0 Å². The lowest BCUT2D eigenvalue weighted by atomic mass is 10.2. The molecule has 0 radical (unpaired) electrons. The molecule has 3 heteroatoms. The molecule has 0 spiro atoms. The zero-order chi connectivity index (χ0) is 8.55. The Kier molecular flexibility index (Phi) is 1.97. The van der Waals surface area contributed by atoms with Crippen LogP contribution in [0.3, 0.4) is 0 Å². The van der Waals surface area contributed by atoms with Crippen LogP contribution in [0.25, 0.3) is 0 Å². The van der Waals surface area contributed by atoms with Gasteiger partial charge in [-0.15, -0.1) is 0 Å². The molecule has 12 heavy (non-hydrogen) atoms. The predicted octanol–water partition coefficient (Wildman–Crippen LogP) is 2.53. The largest absolute Gasteiger partial charge is 0.296 e. The van der Waals surface area contributed by atoms with Crippen LogP contribution in [0.4, 0.5) is 0 Å². The van der Waals surface area contributed by atoms with E-state index in [1.165, 1.54) is 12.8 Å². The molecule has 1 aliphatic rings. The highest BCUT2D eigenvalue weighted by molar-refractivity contribution is 9.10. The minimum Gasteiger partial charge on any atom is -0.296 e. The Bertz CT molecular complexity index is 320. The summed E-state index contributed by atoms with van der Waals surface area (Å²) in [6, 6.07) is 3.87. The van der Waals surface area contributed by atoms with Gasteiger partial charge in [0.25, 0.3) is 0 Å². The fourth-order valence-electron chi connectivity index (χ4n) is 1.16. The minimum absolute atomic E-state index is 0.513. The minimum atomic E-state index is 0.513. The van der Waals surface area contributed by atoms with Crippen molar-refractivity contribution in [1.82, 2.24) is 4.98 Å². The summed E-state index contributed by atoms with van der Waals surface area (Å²) >= 11 is 3.27. The van der Waals surface area contributed by atoms with Gasteiger partial charge in [0.1, 0.15) is 5.69 Å². The summed E-state index contributed by atoms with van der Waals surface area (Å²) < 4.78 is 0.780. The summed E-state index contributed by atoms with van der Waals surface area (Å²) in [4.78, 5) is 14.8. The van der Waals surface area contributed by atoms with E-state index >= 15 is 0 Å². The van der Waals surface area contributed by atoms with E-state index in [0.717, 1.165) is 16.5 Å². The van der Waals surface area contributed by atoms with E-state index in [1.807, 2.05) is 12.1 Å². The van der Waals surface area contributed by atoms with Crippen molar-refractivity contribution in [2.24, 2.45) is 0 Å². The van der Waals surface area contributed by atoms with Crippen LogP contribution in [0.15, 0.2) is 16.6 Å². The maximum absolute atomic E-state index is 10.5. The van der Waals surface area contributed by atoms with Crippen LogP contribution in [-0.4, -0.2) is 11.3 Å². The van der Waals surface area contributed by atoms with Crippen molar-refractivity contribution in [3.8, 4) is 0 Å². The number of carbonyl (C=O) groups excluding carboxylic acids is 1. The predicted molar refractivity (Wildman–Crippen MR) is 49.3 cm³/mol. The van der Waals surface area contributed by atoms with Crippen LogP contribution in [0.5, 0.6) is 0 Å². The number of aromatic nitrogens is 1. The highest BCUT2D eigenvalue weighted by atomic mass is 79.9. The topological polar surface area (TPSA) is 30.0 Å². The molecular weight excluding hydrogens is 218 g/mol. The molecule has 0 saturated heterocycles. The number of hydrogen-bond donors (Lipinski definition) is 0. The highest BCUT2D eigenvalue weighted by Gasteiger charge is 2.25. The molecule has 0 bridgehead atoms. The molecule has 1 fully saturated rings. The van der Waals surface area contributed by atoms with Gasteiger partial charge in [-0.1, -0.05) is 0 Å². The molecule has 0 N–H and O–H groups in total. The van der Waals surface area contributed by atoms with Crippen LogP contribution in [0, 0.1) is 0 Å². The van der Waals surface area contributed by atoms with E-state index < -0.39 is 0 Å². The van der Waals surface area contributed by atoms with Gasteiger partial charge in [0.2, 0.25) is 0 Å². The molecule has 2 nitrogen and oxygen atoms in total. The van der Waals surface area contributed by atoms with Crippen LogP contribution < -0.4 is 0 Å². The number of nitrogens with zero attached hydrogens (tertiary/aromatic N) is 1. The molecule has 1 aliphatic carbocycles. The number of hydrogen-bond acceptors (Lipinski definition) is 2. The van der Waals surface area contributed by atoms with Crippen molar-refractivity contribution in [3.05, 3.63) is 28.0 Å². The number of halogens is 1. The smallest absolute Gasteiger partial charge is 0.169 e. The zero-order valence-electron chi connectivity index (χ0n) is 6.46. The SMILES string of the molecule is O=Cc1nc(C2CC2)ccc1Br. The fraction of sp³-hybridized carbons (Fsp3) is 0.333. The van der Waals surface area contributed by atoms with Gasteiger partial charge >= 0.3 is 0 Å². The summed E-state index contributed by atoms with van der Waals surface area (Å²) in [6.07, 6.45) is 3.22. The van der Waals surface area contributed by atoms with E-state index in [1.54, 1.807) is 0 Å². The average molecular weight is 226 g/mol. The highest BCUT2D eigenvalue weighted by Crippen LogP contribution is 2.39. The van der Waals surface area contributed by atoms with Gasteiger partial charge in [0.15, 0.2) is 6.29 Å². The standard InChI is InChI=1S/C9H8BrNO/c10-7-3-4-8(6-1-2-6)11-9(7)5-12/h3-6H,1-2H2. The van der Waals surface area contributed by atoms with Crippen molar-refractivity contribution in [2.45, 2.75) is 18.8 Å². The summed E-state index contributed by atoms with van der Waals surface area (Å²) in [6.45, 7) is 0. The summed E-state index contributed by atoms with van der Waals surface area (Å²) in [5, 5.41) is 0. The molecule has 62 valence electrons. The molecule has 0 aliphatic heterocycles. The van der Waals surface area contributed by atoms with Gasteiger partial charge < -0.3 is 0 Å². The van der Waals surface area contributed by atoms with E-state index in [0.29, 0.717) is 11.6 Å². The van der Waals surface area contributed by atoms with E-state index in [2.05, 4.69) is 20.9 Å². The van der Waals surface area contributed by atoms with E-state index in [9.17, 15) is 4.79 Å². The third-order valence-electron chi connectivity index (χ3n) is 2.00. The maximum atomic E-state index is 10.5. The molecule has 1 saturated carbocycles. The van der Waals surface area contributed by atoms with Crippen LogP contribution in [-0.2, 0) is 0 Å². The van der Waals surface area contributed by atoms with Gasteiger partial charge in [-0.3, -0.25) is 4.79 Å². The summed E-state index contributed by atoms with van der Waals surface area (Å²) in [7, 11) is 0. The van der Waals surface area contributed by atoms with Crippen molar-refractivity contribution in [1.29, 1.82) is 0 Å². The molecular formula is C9H8BrNO. The molecule has 2 rings (SSSR count). The maximum Gasteiger partial charge on any atom is 0.169 e. The Labute approximate surface area is 79.1 Å². The Hall–Kier alpha value is -0.700. The summed E-state index contributed by atoms with van der Waals surface area (Å²) in [5.41, 5.74) is 1.57. The first kappa shape index (κ1) is 7.92. The Morgan fingerprint density at radius 3 is 2.83 bits per heavy atom. The van der Waals surface area contributed by atoms with Gasteiger partial charge in [-0.2, -0.15) is 0 Å². The monoisotopic (exact) mass is 225 g/mol. The molecule has 1 aromatic rings. The Morgan fingerprint density at radius 2 is 2.25 bits per heavy atom. The van der Waals surface area contributed by atoms with E-state index in [-0.39, 0.29) is 0 Å². The third kappa shape index (κ3) is 1.41. The first-order valence-electron chi connectivity index (χ1n) is 3.93. The molecule has 1 aromatic heterocycles. The van der Waals surface area contributed by atoms with Crippen molar-refractivity contribution in [3.63, 3.8) is 0 Å². The van der Waals surface area contributed by atoms with Crippen LogP contribution in [0.1, 0.15) is 34.9 Å². The molecule has 0 unspecified atom stereocenters. The third-order valence-corrected chi connectivity index (χ3v) is 2.67. The quantitative estimate of drug-likeness (QED) is 0.725. The average Bonchev–Trinajstić information content (AvgIpc) is 2.88. The number of aldehydes is 1. The summed E-state index contributed by atoms with van der Waals surface area (Å²) in [5.74, 6) is 0.608. The molecule has 0 aromatic carbocycles. The first-order chi connectivity index (χ1) is 5.81. The number of rotatable bonds is 2. The van der Waals surface area contributed by atoms with Crippen molar-refractivity contribution >= 4 is 22.2 Å². The van der Waals surface area contributed by atoms with Gasteiger partial charge in [-0.05, 0) is 40.9 Å².